The lowest BCUT2D eigenvalue weighted by molar-refractivity contribution is -0.384. The number of carboxylic acids is 1. The van der Waals surface area contributed by atoms with E-state index in [9.17, 15) is 29.6 Å². The van der Waals surface area contributed by atoms with Crippen molar-refractivity contribution in [2.45, 2.75) is 31.7 Å². The van der Waals surface area contributed by atoms with E-state index in [2.05, 4.69) is 0 Å². The second-order valence-electron chi connectivity index (χ2n) is 7.41. The summed E-state index contributed by atoms with van der Waals surface area (Å²) in [7, 11) is 0. The summed E-state index contributed by atoms with van der Waals surface area (Å²) in [5, 5.41) is 30.6. The number of likely N-dealkylation sites (tertiary alicyclic amines) is 1. The first kappa shape index (κ1) is 22.7. The Balaban J connectivity index is 1.95. The number of amides is 1. The molecule has 9 heteroatoms. The van der Waals surface area contributed by atoms with Crippen LogP contribution in [0.5, 0.6) is 0 Å². The van der Waals surface area contributed by atoms with E-state index >= 15 is 0 Å². The van der Waals surface area contributed by atoms with Crippen molar-refractivity contribution in [1.82, 2.24) is 4.90 Å². The standard InChI is InChI=1S/C23H22N2O7/c26-18(27)9-5-2-6-14-24-20(15-7-3-1-4-8-15)19(22(29)23(24)30)21(28)16-10-12-17(13-11-16)25(31)32/h1,3-4,7-8,10-13,20,28H,2,5-6,9,14H2,(H,26,27)/b21-19+/t20-/m0/s1. The molecule has 2 aromatic rings. The minimum absolute atomic E-state index is 0.0288. The van der Waals surface area contributed by atoms with E-state index in [0.29, 0.717) is 24.8 Å². The van der Waals surface area contributed by atoms with E-state index < -0.39 is 34.4 Å². The predicted molar refractivity (Wildman–Crippen MR) is 115 cm³/mol. The smallest absolute Gasteiger partial charge is 0.303 e. The molecule has 1 aliphatic heterocycles. The van der Waals surface area contributed by atoms with Gasteiger partial charge >= 0.3 is 5.97 Å². The Hall–Kier alpha value is -4.01. The third-order valence-corrected chi connectivity index (χ3v) is 5.30. The number of aliphatic carboxylic acids is 1. The van der Waals surface area contributed by atoms with Crippen LogP contribution in [-0.2, 0) is 14.4 Å². The first-order valence-electron chi connectivity index (χ1n) is 10.1. The van der Waals surface area contributed by atoms with E-state index in [-0.39, 0.29) is 29.8 Å². The maximum atomic E-state index is 12.9. The monoisotopic (exact) mass is 438 g/mol. The summed E-state index contributed by atoms with van der Waals surface area (Å²) in [4.78, 5) is 48.1. The molecule has 3 rings (SSSR count). The number of nitro benzene ring substituents is 1. The number of hydrogen-bond donors (Lipinski definition) is 2. The summed E-state index contributed by atoms with van der Waals surface area (Å²) in [5.74, 6) is -2.88. The maximum absolute atomic E-state index is 12.9. The molecule has 32 heavy (non-hydrogen) atoms. The van der Waals surface area contributed by atoms with E-state index in [1.54, 1.807) is 30.3 Å². The van der Waals surface area contributed by atoms with Gasteiger partial charge in [0.25, 0.3) is 17.4 Å². The molecule has 0 radical (unpaired) electrons. The van der Waals surface area contributed by atoms with Crippen molar-refractivity contribution in [3.05, 3.63) is 81.4 Å². The van der Waals surface area contributed by atoms with Gasteiger partial charge in [0.2, 0.25) is 0 Å². The molecule has 1 atom stereocenters. The number of ketones is 1. The van der Waals surface area contributed by atoms with Crippen molar-refractivity contribution in [1.29, 1.82) is 0 Å². The first-order valence-corrected chi connectivity index (χ1v) is 10.1. The van der Waals surface area contributed by atoms with Gasteiger partial charge in [-0.1, -0.05) is 36.8 Å². The van der Waals surface area contributed by atoms with Gasteiger partial charge < -0.3 is 15.1 Å². The Labute approximate surface area is 183 Å². The highest BCUT2D eigenvalue weighted by Crippen LogP contribution is 2.39. The predicted octanol–water partition coefficient (Wildman–Crippen LogP) is 3.66. The lowest BCUT2D eigenvalue weighted by Crippen LogP contribution is -2.30. The molecule has 0 aromatic heterocycles. The van der Waals surface area contributed by atoms with Crippen LogP contribution in [0, 0.1) is 10.1 Å². The van der Waals surface area contributed by atoms with Crippen molar-refractivity contribution < 1.29 is 29.5 Å². The number of nitrogens with zero attached hydrogens (tertiary/aromatic N) is 2. The molecule has 0 unspecified atom stereocenters. The number of unbranched alkanes of at least 4 members (excludes halogenated alkanes) is 2. The molecular formula is C23H22N2O7. The number of hydrogen-bond acceptors (Lipinski definition) is 6. The molecule has 166 valence electrons. The molecule has 0 saturated carbocycles. The highest BCUT2D eigenvalue weighted by molar-refractivity contribution is 6.46. The van der Waals surface area contributed by atoms with Crippen molar-refractivity contribution in [3.8, 4) is 0 Å². The van der Waals surface area contributed by atoms with E-state index in [1.165, 1.54) is 29.2 Å². The van der Waals surface area contributed by atoms with Gasteiger partial charge in [0, 0.05) is 30.7 Å². The number of carboxylic acid groups (broad SMARTS) is 1. The lowest BCUT2D eigenvalue weighted by Gasteiger charge is -2.25. The number of aliphatic hydroxyl groups is 1. The van der Waals surface area contributed by atoms with Crippen LogP contribution in [0.4, 0.5) is 5.69 Å². The van der Waals surface area contributed by atoms with Crippen LogP contribution in [0.3, 0.4) is 0 Å². The van der Waals surface area contributed by atoms with Crippen molar-refractivity contribution in [2.75, 3.05) is 6.54 Å². The highest BCUT2D eigenvalue weighted by Gasteiger charge is 2.45. The van der Waals surface area contributed by atoms with Crippen LogP contribution in [-0.4, -0.2) is 44.2 Å². The number of carbonyl (C=O) groups is 3. The summed E-state index contributed by atoms with van der Waals surface area (Å²) in [6.07, 6.45) is 1.56. The quantitative estimate of drug-likeness (QED) is 0.152. The molecule has 1 amide bonds. The molecule has 1 heterocycles. The average Bonchev–Trinajstić information content (AvgIpc) is 3.03. The maximum Gasteiger partial charge on any atom is 0.303 e. The van der Waals surface area contributed by atoms with Gasteiger partial charge in [-0.2, -0.15) is 0 Å². The Morgan fingerprint density at radius 3 is 2.22 bits per heavy atom. The fraction of sp³-hybridized carbons (Fsp3) is 0.261. The average molecular weight is 438 g/mol. The van der Waals surface area contributed by atoms with Gasteiger partial charge in [-0.05, 0) is 30.5 Å². The van der Waals surface area contributed by atoms with Crippen molar-refractivity contribution in [2.24, 2.45) is 0 Å². The molecule has 0 spiro atoms. The number of Topliss-reactive ketones (excluding diaryl/α,β-unsaturated/α-hetero) is 1. The number of nitro groups is 1. The van der Waals surface area contributed by atoms with Crippen LogP contribution in [0.2, 0.25) is 0 Å². The number of rotatable bonds is 9. The molecule has 0 bridgehead atoms. The zero-order valence-electron chi connectivity index (χ0n) is 17.1. The normalized spacial score (nSPS) is 17.5. The minimum Gasteiger partial charge on any atom is -0.507 e. The Bertz CT molecular complexity index is 1060. The lowest BCUT2D eigenvalue weighted by atomic mass is 9.95. The van der Waals surface area contributed by atoms with Gasteiger partial charge in [0.1, 0.15) is 5.76 Å². The summed E-state index contributed by atoms with van der Waals surface area (Å²) in [6, 6.07) is 13.1. The minimum atomic E-state index is -0.891. The Kier molecular flexibility index (Phi) is 6.99. The Morgan fingerprint density at radius 1 is 0.969 bits per heavy atom. The van der Waals surface area contributed by atoms with Crippen LogP contribution in [0.15, 0.2) is 60.2 Å². The van der Waals surface area contributed by atoms with Gasteiger partial charge in [-0.25, -0.2) is 0 Å². The van der Waals surface area contributed by atoms with Crippen LogP contribution in [0.25, 0.3) is 5.76 Å². The Morgan fingerprint density at radius 2 is 1.62 bits per heavy atom. The van der Waals surface area contributed by atoms with Crippen molar-refractivity contribution >= 4 is 29.1 Å². The molecule has 1 saturated heterocycles. The molecule has 2 aromatic carbocycles. The van der Waals surface area contributed by atoms with E-state index in [1.807, 2.05) is 0 Å². The fourth-order valence-corrected chi connectivity index (χ4v) is 3.72. The number of benzene rings is 2. The largest absolute Gasteiger partial charge is 0.507 e. The summed E-state index contributed by atoms with van der Waals surface area (Å²) < 4.78 is 0. The molecular weight excluding hydrogens is 416 g/mol. The SMILES string of the molecule is O=C(O)CCCCCN1C(=O)C(=O)/C(=C(/O)c2ccc([N+](=O)[O-])cc2)[C@@H]1c1ccccc1. The van der Waals surface area contributed by atoms with Crippen LogP contribution in [0.1, 0.15) is 42.9 Å². The molecule has 0 aliphatic carbocycles. The van der Waals surface area contributed by atoms with Crippen LogP contribution >= 0.6 is 0 Å². The van der Waals surface area contributed by atoms with E-state index in [4.69, 9.17) is 5.11 Å². The second kappa shape index (κ2) is 9.86. The zero-order chi connectivity index (χ0) is 23.3. The highest BCUT2D eigenvalue weighted by atomic mass is 16.6. The summed E-state index contributed by atoms with van der Waals surface area (Å²) in [5.41, 5.74) is 0.584. The van der Waals surface area contributed by atoms with Gasteiger partial charge in [0.15, 0.2) is 0 Å². The molecule has 1 aliphatic rings. The topological polar surface area (TPSA) is 138 Å². The number of aliphatic hydroxyl groups excluding tert-OH is 1. The van der Waals surface area contributed by atoms with Gasteiger partial charge in [-0.3, -0.25) is 24.5 Å². The van der Waals surface area contributed by atoms with E-state index in [0.717, 1.165) is 0 Å². The third kappa shape index (κ3) is 4.83. The molecule has 9 nitrogen and oxygen atoms in total. The van der Waals surface area contributed by atoms with Gasteiger partial charge in [-0.15, -0.1) is 0 Å². The molecule has 2 N–H and O–H groups in total. The zero-order valence-corrected chi connectivity index (χ0v) is 17.1. The van der Waals surface area contributed by atoms with Crippen molar-refractivity contribution in [3.63, 3.8) is 0 Å². The number of non-ortho nitro benzene ring substituents is 1. The number of carbonyl (C=O) groups excluding carboxylic acids is 2. The summed E-state index contributed by atoms with van der Waals surface area (Å²) in [6.45, 7) is 0.223. The van der Waals surface area contributed by atoms with Gasteiger partial charge in [0.05, 0.1) is 16.5 Å². The third-order valence-electron chi connectivity index (χ3n) is 5.30. The molecule has 1 fully saturated rings. The fourth-order valence-electron chi connectivity index (χ4n) is 3.72. The summed E-state index contributed by atoms with van der Waals surface area (Å²) >= 11 is 0. The van der Waals surface area contributed by atoms with Crippen LogP contribution < -0.4 is 0 Å². The second-order valence-corrected chi connectivity index (χ2v) is 7.41. The first-order chi connectivity index (χ1) is 15.3.